The lowest BCUT2D eigenvalue weighted by molar-refractivity contribution is -0.139. The second kappa shape index (κ2) is 6.86. The smallest absolute Gasteiger partial charge is 0.263 e. The van der Waals surface area contributed by atoms with Crippen LogP contribution in [-0.4, -0.2) is 40.2 Å². The Morgan fingerprint density at radius 2 is 2.00 bits per heavy atom. The predicted octanol–water partition coefficient (Wildman–Crippen LogP) is 2.89. The summed E-state index contributed by atoms with van der Waals surface area (Å²) < 4.78 is 5.74. The minimum Gasteiger partial charge on any atom is -0.481 e. The molecule has 5 heteroatoms. The molecule has 1 aliphatic heterocycles. The largest absolute Gasteiger partial charge is 0.481 e. The number of H-pyrrole nitrogens is 1. The molecular weight excluding hydrogens is 290 g/mol. The molecule has 2 heterocycles. The highest BCUT2D eigenvalue weighted by Crippen LogP contribution is 2.27. The summed E-state index contributed by atoms with van der Waals surface area (Å²) in [6.45, 7) is 5.35. The number of hydrogen-bond acceptors (Lipinski definition) is 3. The van der Waals surface area contributed by atoms with Gasteiger partial charge in [0, 0.05) is 24.7 Å². The number of amides is 1. The monoisotopic (exact) mass is 313 g/mol. The van der Waals surface area contributed by atoms with Crippen LogP contribution in [0.3, 0.4) is 0 Å². The molecule has 0 radical (unpaired) electrons. The van der Waals surface area contributed by atoms with Gasteiger partial charge in [-0.15, -0.1) is 0 Å². The number of para-hydroxylation sites is 1. The topological polar surface area (TPSA) is 58.2 Å². The molecule has 1 aliphatic rings. The summed E-state index contributed by atoms with van der Waals surface area (Å²) in [6.07, 6.45) is 1.45. The molecule has 1 N–H and O–H groups in total. The summed E-state index contributed by atoms with van der Waals surface area (Å²) in [4.78, 5) is 14.4. The summed E-state index contributed by atoms with van der Waals surface area (Å²) in [7, 11) is 0. The van der Waals surface area contributed by atoms with Gasteiger partial charge in [-0.3, -0.25) is 9.89 Å². The van der Waals surface area contributed by atoms with Crippen molar-refractivity contribution in [1.29, 1.82) is 0 Å². The first kappa shape index (κ1) is 15.6. The van der Waals surface area contributed by atoms with Crippen LogP contribution in [0, 0.1) is 6.92 Å². The van der Waals surface area contributed by atoms with E-state index in [0.717, 1.165) is 43.1 Å². The molecule has 1 atom stereocenters. The van der Waals surface area contributed by atoms with E-state index in [-0.39, 0.29) is 5.91 Å². The highest BCUT2D eigenvalue weighted by molar-refractivity contribution is 5.81. The number of carbonyl (C=O) groups is 1. The third-order valence-corrected chi connectivity index (χ3v) is 4.35. The van der Waals surface area contributed by atoms with Gasteiger partial charge in [0.1, 0.15) is 5.75 Å². The molecule has 122 valence electrons. The first-order valence-corrected chi connectivity index (χ1v) is 8.16. The Bertz CT molecular complexity index is 645. The van der Waals surface area contributed by atoms with E-state index in [2.05, 4.69) is 16.3 Å². The van der Waals surface area contributed by atoms with Crippen LogP contribution >= 0.6 is 0 Å². The van der Waals surface area contributed by atoms with Crippen LogP contribution < -0.4 is 4.74 Å². The van der Waals surface area contributed by atoms with Crippen LogP contribution in [0.2, 0.25) is 0 Å². The van der Waals surface area contributed by atoms with Crippen LogP contribution in [0.1, 0.15) is 37.1 Å². The van der Waals surface area contributed by atoms with Gasteiger partial charge in [0.25, 0.3) is 5.91 Å². The Morgan fingerprint density at radius 1 is 1.30 bits per heavy atom. The van der Waals surface area contributed by atoms with Gasteiger partial charge < -0.3 is 9.64 Å². The number of rotatable bonds is 4. The summed E-state index contributed by atoms with van der Waals surface area (Å²) in [5, 5.41) is 7.34. The predicted molar refractivity (Wildman–Crippen MR) is 88.4 cm³/mol. The fourth-order valence-corrected chi connectivity index (χ4v) is 3.05. The van der Waals surface area contributed by atoms with Crippen molar-refractivity contribution in [2.24, 2.45) is 0 Å². The number of aromatic amines is 1. The van der Waals surface area contributed by atoms with Crippen molar-refractivity contribution >= 4 is 5.91 Å². The van der Waals surface area contributed by atoms with Gasteiger partial charge in [-0.05, 0) is 44.9 Å². The van der Waals surface area contributed by atoms with E-state index in [1.54, 1.807) is 0 Å². The highest BCUT2D eigenvalue weighted by Gasteiger charge is 2.28. The molecule has 0 aliphatic carbocycles. The summed E-state index contributed by atoms with van der Waals surface area (Å²) in [5.41, 5.74) is 2.20. The first-order valence-electron chi connectivity index (χ1n) is 8.16. The molecule has 3 rings (SSSR count). The van der Waals surface area contributed by atoms with Crippen LogP contribution in [0.4, 0.5) is 0 Å². The Kier molecular flexibility index (Phi) is 4.65. The van der Waals surface area contributed by atoms with Gasteiger partial charge in [-0.2, -0.15) is 5.10 Å². The molecule has 1 aromatic carbocycles. The Morgan fingerprint density at radius 3 is 2.61 bits per heavy atom. The zero-order chi connectivity index (χ0) is 16.2. The Labute approximate surface area is 136 Å². The standard InChI is InChI=1S/C18H23N3O2/c1-13-12-17(20-19-13)15-8-10-21(11-9-15)18(22)14(2)23-16-6-4-3-5-7-16/h3-7,12,14-15H,8-11H2,1-2H3,(H,19,20). The third kappa shape index (κ3) is 3.73. The van der Waals surface area contributed by atoms with E-state index < -0.39 is 6.10 Å². The molecule has 23 heavy (non-hydrogen) atoms. The van der Waals surface area contributed by atoms with Crippen LogP contribution in [0.15, 0.2) is 36.4 Å². The Balaban J connectivity index is 1.53. The average molecular weight is 313 g/mol. The lowest BCUT2D eigenvalue weighted by atomic mass is 9.93. The number of nitrogens with one attached hydrogen (secondary N) is 1. The average Bonchev–Trinajstić information content (AvgIpc) is 3.02. The second-order valence-corrected chi connectivity index (χ2v) is 6.15. The van der Waals surface area contributed by atoms with E-state index in [4.69, 9.17) is 4.74 Å². The van der Waals surface area contributed by atoms with E-state index in [9.17, 15) is 4.79 Å². The SMILES string of the molecule is Cc1cc(C2CCN(C(=O)C(C)Oc3ccccc3)CC2)n[nH]1. The number of nitrogens with zero attached hydrogens (tertiary/aromatic N) is 2. The molecule has 0 saturated carbocycles. The number of carbonyl (C=O) groups excluding carboxylic acids is 1. The van der Waals surface area contributed by atoms with Gasteiger partial charge in [0.05, 0.1) is 5.69 Å². The molecule has 1 fully saturated rings. The number of aryl methyl sites for hydroxylation is 1. The summed E-state index contributed by atoms with van der Waals surface area (Å²) >= 11 is 0. The zero-order valence-electron chi connectivity index (χ0n) is 13.7. The third-order valence-electron chi connectivity index (χ3n) is 4.35. The minimum absolute atomic E-state index is 0.0607. The molecule has 1 unspecified atom stereocenters. The van der Waals surface area contributed by atoms with Crippen LogP contribution in [-0.2, 0) is 4.79 Å². The fraction of sp³-hybridized carbons (Fsp3) is 0.444. The van der Waals surface area contributed by atoms with Gasteiger partial charge >= 0.3 is 0 Å². The number of likely N-dealkylation sites (tertiary alicyclic amines) is 1. The van der Waals surface area contributed by atoms with E-state index in [1.807, 2.05) is 49.1 Å². The lowest BCUT2D eigenvalue weighted by Crippen LogP contribution is -2.44. The summed E-state index contributed by atoms with van der Waals surface area (Å²) in [6, 6.07) is 11.6. The second-order valence-electron chi connectivity index (χ2n) is 6.15. The maximum atomic E-state index is 12.5. The number of piperidine rings is 1. The number of ether oxygens (including phenoxy) is 1. The number of hydrogen-bond donors (Lipinski definition) is 1. The van der Waals surface area contributed by atoms with Crippen molar-refractivity contribution in [1.82, 2.24) is 15.1 Å². The molecule has 1 aromatic heterocycles. The normalized spacial score (nSPS) is 17.0. The van der Waals surface area contributed by atoms with Crippen molar-refractivity contribution < 1.29 is 9.53 Å². The highest BCUT2D eigenvalue weighted by atomic mass is 16.5. The zero-order valence-corrected chi connectivity index (χ0v) is 13.7. The maximum absolute atomic E-state index is 12.5. The van der Waals surface area contributed by atoms with Gasteiger partial charge in [-0.25, -0.2) is 0 Å². The van der Waals surface area contributed by atoms with Crippen molar-refractivity contribution in [3.05, 3.63) is 47.8 Å². The fourth-order valence-electron chi connectivity index (χ4n) is 3.05. The summed E-state index contributed by atoms with van der Waals surface area (Å²) in [5.74, 6) is 1.23. The number of benzene rings is 1. The van der Waals surface area contributed by atoms with Gasteiger partial charge in [-0.1, -0.05) is 18.2 Å². The first-order chi connectivity index (χ1) is 11.1. The van der Waals surface area contributed by atoms with Crippen LogP contribution in [0.25, 0.3) is 0 Å². The van der Waals surface area contributed by atoms with E-state index >= 15 is 0 Å². The van der Waals surface area contributed by atoms with Crippen molar-refractivity contribution in [3.63, 3.8) is 0 Å². The molecular formula is C18H23N3O2. The van der Waals surface area contributed by atoms with Crippen molar-refractivity contribution in [2.45, 2.75) is 38.7 Å². The van der Waals surface area contributed by atoms with Crippen molar-refractivity contribution in [2.75, 3.05) is 13.1 Å². The minimum atomic E-state index is -0.457. The van der Waals surface area contributed by atoms with Crippen molar-refractivity contribution in [3.8, 4) is 5.75 Å². The molecule has 5 nitrogen and oxygen atoms in total. The van der Waals surface area contributed by atoms with Gasteiger partial charge in [0.15, 0.2) is 6.10 Å². The molecule has 0 bridgehead atoms. The maximum Gasteiger partial charge on any atom is 0.263 e. The number of aromatic nitrogens is 2. The lowest BCUT2D eigenvalue weighted by Gasteiger charge is -2.32. The van der Waals surface area contributed by atoms with Crippen LogP contribution in [0.5, 0.6) is 5.75 Å². The molecule has 1 amide bonds. The quantitative estimate of drug-likeness (QED) is 0.944. The van der Waals surface area contributed by atoms with Gasteiger partial charge in [0.2, 0.25) is 0 Å². The Hall–Kier alpha value is -2.30. The van der Waals surface area contributed by atoms with E-state index in [1.165, 1.54) is 0 Å². The molecule has 1 saturated heterocycles. The molecule has 0 spiro atoms. The molecule has 2 aromatic rings. The van der Waals surface area contributed by atoms with E-state index in [0.29, 0.717) is 5.92 Å².